The maximum Gasteiger partial charge on any atom is 0.266 e. The van der Waals surface area contributed by atoms with Crippen molar-refractivity contribution in [3.05, 3.63) is 33.3 Å². The molecule has 4 nitrogen and oxygen atoms in total. The number of carbonyl (C=O) groups excluding carboxylic acids is 2. The highest BCUT2D eigenvalue weighted by Crippen LogP contribution is 2.31. The molecule has 2 heterocycles. The van der Waals surface area contributed by atoms with Gasteiger partial charge in [-0.1, -0.05) is 30.1 Å². The third-order valence-corrected chi connectivity index (χ3v) is 5.10. The Morgan fingerprint density at radius 2 is 1.57 bits per heavy atom. The van der Waals surface area contributed by atoms with Gasteiger partial charge in [0.05, 0.1) is 34.3 Å². The number of quaternary nitrogens is 1. The second-order valence-corrected chi connectivity index (χ2v) is 6.76. The van der Waals surface area contributed by atoms with Gasteiger partial charge in [-0.2, -0.15) is 0 Å². The first kappa shape index (κ1) is 14.8. The highest BCUT2D eigenvalue weighted by molar-refractivity contribution is 6.43. The number of rotatable bonds is 2. The summed E-state index contributed by atoms with van der Waals surface area (Å²) in [6.07, 6.45) is 2.27. The number of benzene rings is 1. The molecular weight excluding hydrogens is 311 g/mol. The molecule has 112 valence electrons. The van der Waals surface area contributed by atoms with Gasteiger partial charge in [-0.25, -0.2) is 4.90 Å². The first-order valence-electron chi connectivity index (χ1n) is 7.16. The summed E-state index contributed by atoms with van der Waals surface area (Å²) in [6.45, 7) is 4.66. The molecule has 1 saturated heterocycles. The van der Waals surface area contributed by atoms with Gasteiger partial charge in [0.1, 0.15) is 0 Å². The predicted molar refractivity (Wildman–Crippen MR) is 80.9 cm³/mol. The quantitative estimate of drug-likeness (QED) is 0.842. The largest absolute Gasteiger partial charge is 0.317 e. The summed E-state index contributed by atoms with van der Waals surface area (Å²) in [7, 11) is 0. The first-order valence-corrected chi connectivity index (χ1v) is 7.91. The number of nitrogens with zero attached hydrogens (tertiary/aromatic N) is 1. The van der Waals surface area contributed by atoms with Crippen LogP contribution in [0.3, 0.4) is 0 Å². The van der Waals surface area contributed by atoms with E-state index in [1.807, 2.05) is 0 Å². The minimum Gasteiger partial charge on any atom is -0.317 e. The molecule has 0 aromatic heterocycles. The van der Waals surface area contributed by atoms with Gasteiger partial charge < -0.3 is 4.90 Å². The minimum atomic E-state index is -0.264. The molecule has 0 saturated carbocycles. The van der Waals surface area contributed by atoms with E-state index in [0.29, 0.717) is 27.8 Å². The van der Waals surface area contributed by atoms with Crippen molar-refractivity contribution >= 4 is 35.0 Å². The molecule has 1 N–H and O–H groups in total. The fourth-order valence-electron chi connectivity index (χ4n) is 2.98. The smallest absolute Gasteiger partial charge is 0.266 e. The number of halogens is 2. The van der Waals surface area contributed by atoms with Gasteiger partial charge in [0, 0.05) is 0 Å². The first-order chi connectivity index (χ1) is 9.97. The molecule has 0 bridgehead atoms. The van der Waals surface area contributed by atoms with Crippen LogP contribution in [0.5, 0.6) is 0 Å². The van der Waals surface area contributed by atoms with Crippen LogP contribution >= 0.6 is 23.2 Å². The van der Waals surface area contributed by atoms with Gasteiger partial charge in [0.25, 0.3) is 11.8 Å². The Kier molecular flexibility index (Phi) is 3.95. The number of nitrogens with one attached hydrogen (secondary N) is 1. The average molecular weight is 328 g/mol. The monoisotopic (exact) mass is 327 g/mol. The van der Waals surface area contributed by atoms with Crippen LogP contribution in [-0.2, 0) is 0 Å². The molecule has 0 atom stereocenters. The van der Waals surface area contributed by atoms with Crippen LogP contribution in [0.1, 0.15) is 40.5 Å². The molecule has 0 radical (unpaired) electrons. The van der Waals surface area contributed by atoms with Crippen molar-refractivity contribution in [3.8, 4) is 0 Å². The lowest BCUT2D eigenvalue weighted by Crippen LogP contribution is -3.14. The SMILES string of the molecule is CC1CC[NH+](CN2C(=O)c3cc(Cl)c(Cl)cc3C2=O)CC1. The lowest BCUT2D eigenvalue weighted by molar-refractivity contribution is -0.913. The molecule has 6 heteroatoms. The zero-order valence-corrected chi connectivity index (χ0v) is 13.3. The van der Waals surface area contributed by atoms with Crippen LogP contribution in [0.4, 0.5) is 0 Å². The van der Waals surface area contributed by atoms with E-state index < -0.39 is 0 Å². The van der Waals surface area contributed by atoms with Gasteiger partial charge in [0.15, 0.2) is 6.67 Å². The fraction of sp³-hybridized carbons (Fsp3) is 0.467. The summed E-state index contributed by atoms with van der Waals surface area (Å²) in [4.78, 5) is 27.4. The van der Waals surface area contributed by atoms with Gasteiger partial charge >= 0.3 is 0 Å². The number of hydrogen-bond acceptors (Lipinski definition) is 2. The Morgan fingerprint density at radius 1 is 1.10 bits per heavy atom. The third-order valence-electron chi connectivity index (χ3n) is 4.37. The van der Waals surface area contributed by atoms with E-state index in [-0.39, 0.29) is 11.8 Å². The van der Waals surface area contributed by atoms with Crippen LogP contribution in [0.25, 0.3) is 0 Å². The number of piperidine rings is 1. The number of hydrogen-bond donors (Lipinski definition) is 1. The maximum absolute atomic E-state index is 12.4. The molecule has 2 aliphatic rings. The Labute approximate surface area is 133 Å². The molecule has 1 fully saturated rings. The number of likely N-dealkylation sites (tertiary alicyclic amines) is 1. The summed E-state index contributed by atoms with van der Waals surface area (Å²) >= 11 is 11.9. The van der Waals surface area contributed by atoms with Crippen LogP contribution < -0.4 is 4.90 Å². The van der Waals surface area contributed by atoms with Crippen molar-refractivity contribution in [2.24, 2.45) is 5.92 Å². The summed E-state index contributed by atoms with van der Waals surface area (Å²) in [5.74, 6) is 0.202. The number of fused-ring (bicyclic) bond motifs is 1. The molecule has 21 heavy (non-hydrogen) atoms. The van der Waals surface area contributed by atoms with Crippen molar-refractivity contribution in [1.29, 1.82) is 0 Å². The highest BCUT2D eigenvalue weighted by Gasteiger charge is 2.38. The lowest BCUT2D eigenvalue weighted by Gasteiger charge is -2.29. The van der Waals surface area contributed by atoms with E-state index in [9.17, 15) is 9.59 Å². The second kappa shape index (κ2) is 5.59. The lowest BCUT2D eigenvalue weighted by atomic mass is 10.00. The van der Waals surface area contributed by atoms with E-state index in [4.69, 9.17) is 23.2 Å². The topological polar surface area (TPSA) is 41.8 Å². The van der Waals surface area contributed by atoms with Crippen molar-refractivity contribution < 1.29 is 14.5 Å². The Morgan fingerprint density at radius 3 is 2.05 bits per heavy atom. The highest BCUT2D eigenvalue weighted by atomic mass is 35.5. The zero-order chi connectivity index (χ0) is 15.1. The minimum absolute atomic E-state index is 0.264. The van der Waals surface area contributed by atoms with Crippen molar-refractivity contribution in [1.82, 2.24) is 4.90 Å². The van der Waals surface area contributed by atoms with Crippen LogP contribution in [0.15, 0.2) is 12.1 Å². The van der Waals surface area contributed by atoms with E-state index in [0.717, 1.165) is 31.8 Å². The molecule has 0 unspecified atom stereocenters. The Bertz CT molecular complexity index is 569. The number of carbonyl (C=O) groups is 2. The van der Waals surface area contributed by atoms with E-state index in [1.54, 1.807) is 0 Å². The van der Waals surface area contributed by atoms with E-state index in [2.05, 4.69) is 6.92 Å². The summed E-state index contributed by atoms with van der Waals surface area (Å²) in [5, 5.41) is 0.607. The Hall–Kier alpha value is -1.10. The molecule has 0 aliphatic carbocycles. The second-order valence-electron chi connectivity index (χ2n) is 5.94. The molecule has 2 aliphatic heterocycles. The normalized spacial score (nSPS) is 25.4. The van der Waals surface area contributed by atoms with Crippen LogP contribution in [-0.4, -0.2) is 36.5 Å². The van der Waals surface area contributed by atoms with Crippen molar-refractivity contribution in [2.45, 2.75) is 19.8 Å². The molecule has 1 aromatic carbocycles. The van der Waals surface area contributed by atoms with E-state index in [1.165, 1.54) is 21.9 Å². The van der Waals surface area contributed by atoms with Gasteiger partial charge in [-0.05, 0) is 30.9 Å². The Balaban J connectivity index is 1.80. The number of amides is 2. The van der Waals surface area contributed by atoms with Gasteiger partial charge in [0.2, 0.25) is 0 Å². The molecule has 2 amide bonds. The van der Waals surface area contributed by atoms with Crippen molar-refractivity contribution in [3.63, 3.8) is 0 Å². The van der Waals surface area contributed by atoms with Gasteiger partial charge in [-0.15, -0.1) is 0 Å². The van der Waals surface area contributed by atoms with Gasteiger partial charge in [-0.3, -0.25) is 9.59 Å². The van der Waals surface area contributed by atoms with E-state index >= 15 is 0 Å². The fourth-order valence-corrected chi connectivity index (χ4v) is 3.31. The zero-order valence-electron chi connectivity index (χ0n) is 11.8. The molecule has 0 spiro atoms. The summed E-state index contributed by atoms with van der Waals surface area (Å²) < 4.78 is 0. The van der Waals surface area contributed by atoms with Crippen LogP contribution in [0.2, 0.25) is 10.0 Å². The van der Waals surface area contributed by atoms with Crippen LogP contribution in [0, 0.1) is 5.92 Å². The third kappa shape index (κ3) is 2.68. The number of imide groups is 1. The average Bonchev–Trinajstić information content (AvgIpc) is 2.67. The molecular formula is C15H17Cl2N2O2+. The standard InChI is InChI=1S/C15H16Cl2N2O2/c1-9-2-4-18(5-3-9)8-19-14(20)10-6-12(16)13(17)7-11(10)15(19)21/h6-7,9H,2-5,8H2,1H3/p+1. The molecule has 3 rings (SSSR count). The predicted octanol–water partition coefficient (Wildman–Crippen LogP) is 1.86. The summed E-state index contributed by atoms with van der Waals surface area (Å²) in [5.41, 5.74) is 0.721. The summed E-state index contributed by atoms with van der Waals surface area (Å²) in [6, 6.07) is 2.99. The maximum atomic E-state index is 12.4. The van der Waals surface area contributed by atoms with Crippen molar-refractivity contribution in [2.75, 3.05) is 19.8 Å². The molecule has 1 aromatic rings.